The van der Waals surface area contributed by atoms with Gasteiger partial charge in [0.05, 0.1) is 0 Å². The Bertz CT molecular complexity index is 457. The van der Waals surface area contributed by atoms with Gasteiger partial charge in [0.1, 0.15) is 5.00 Å². The molecule has 2 nitrogen and oxygen atoms in total. The van der Waals surface area contributed by atoms with Crippen LogP contribution < -0.4 is 11.3 Å². The van der Waals surface area contributed by atoms with E-state index in [0.29, 0.717) is 5.92 Å². The lowest BCUT2D eigenvalue weighted by molar-refractivity contribution is 0.867. The molecule has 0 bridgehead atoms. The summed E-state index contributed by atoms with van der Waals surface area (Å²) < 4.78 is 0. The van der Waals surface area contributed by atoms with Crippen molar-refractivity contribution in [3.8, 4) is 11.1 Å². The number of nitrogens with one attached hydrogen (secondary N) is 1. The molecule has 0 aliphatic rings. The van der Waals surface area contributed by atoms with Crippen molar-refractivity contribution in [2.24, 2.45) is 5.84 Å². The van der Waals surface area contributed by atoms with E-state index in [1.807, 2.05) is 0 Å². The molecule has 84 valence electrons. The van der Waals surface area contributed by atoms with Crippen molar-refractivity contribution in [2.75, 3.05) is 5.43 Å². The summed E-state index contributed by atoms with van der Waals surface area (Å²) in [6.45, 7) is 4.41. The molecular weight excluding hydrogens is 216 g/mol. The van der Waals surface area contributed by atoms with Crippen molar-refractivity contribution in [3.63, 3.8) is 0 Å². The van der Waals surface area contributed by atoms with Crippen LogP contribution in [0.1, 0.15) is 25.3 Å². The summed E-state index contributed by atoms with van der Waals surface area (Å²) in [7, 11) is 0. The maximum absolute atomic E-state index is 5.37. The van der Waals surface area contributed by atoms with Crippen LogP contribution in [0.15, 0.2) is 35.7 Å². The minimum Gasteiger partial charge on any atom is -0.315 e. The zero-order valence-corrected chi connectivity index (χ0v) is 10.3. The standard InChI is InChI=1S/C13H16N2S/c1-9(2)10-3-5-11(6-4-10)12-7-13(15-14)16-8-12/h3-9,15H,14H2,1-2H3. The van der Waals surface area contributed by atoms with E-state index in [9.17, 15) is 0 Å². The van der Waals surface area contributed by atoms with E-state index < -0.39 is 0 Å². The van der Waals surface area contributed by atoms with E-state index in [-0.39, 0.29) is 0 Å². The first kappa shape index (κ1) is 11.2. The van der Waals surface area contributed by atoms with Crippen LogP contribution in [0, 0.1) is 0 Å². The summed E-state index contributed by atoms with van der Waals surface area (Å²) in [5, 5.41) is 3.10. The number of rotatable bonds is 3. The first-order chi connectivity index (χ1) is 7.70. The molecule has 0 amide bonds. The van der Waals surface area contributed by atoms with Crippen LogP contribution in [0.3, 0.4) is 0 Å². The van der Waals surface area contributed by atoms with Gasteiger partial charge in [-0.05, 0) is 28.7 Å². The van der Waals surface area contributed by atoms with E-state index in [4.69, 9.17) is 5.84 Å². The fourth-order valence-electron chi connectivity index (χ4n) is 1.62. The Kier molecular flexibility index (Phi) is 3.27. The molecule has 3 heteroatoms. The highest BCUT2D eigenvalue weighted by molar-refractivity contribution is 7.14. The Balaban J connectivity index is 2.27. The maximum Gasteiger partial charge on any atom is 0.103 e. The number of hydrogen-bond acceptors (Lipinski definition) is 3. The molecule has 2 rings (SSSR count). The largest absolute Gasteiger partial charge is 0.315 e. The molecule has 0 fully saturated rings. The number of benzene rings is 1. The van der Waals surface area contributed by atoms with Gasteiger partial charge in [-0.2, -0.15) is 0 Å². The van der Waals surface area contributed by atoms with E-state index in [2.05, 4.69) is 55.0 Å². The minimum absolute atomic E-state index is 0.581. The van der Waals surface area contributed by atoms with Crippen molar-refractivity contribution in [1.29, 1.82) is 0 Å². The molecule has 0 saturated heterocycles. The zero-order chi connectivity index (χ0) is 11.5. The lowest BCUT2D eigenvalue weighted by Gasteiger charge is -2.05. The second-order valence-corrected chi connectivity index (χ2v) is 5.03. The Labute approximate surface area is 100 Å². The third-order valence-electron chi connectivity index (χ3n) is 2.65. The van der Waals surface area contributed by atoms with Crippen molar-refractivity contribution >= 4 is 16.3 Å². The van der Waals surface area contributed by atoms with Crippen LogP contribution >= 0.6 is 11.3 Å². The summed E-state index contributed by atoms with van der Waals surface area (Å²) >= 11 is 1.62. The topological polar surface area (TPSA) is 38.0 Å². The first-order valence-electron chi connectivity index (χ1n) is 5.36. The predicted octanol–water partition coefficient (Wildman–Crippen LogP) is 3.82. The summed E-state index contributed by atoms with van der Waals surface area (Å²) in [4.78, 5) is 0. The molecule has 1 heterocycles. The maximum atomic E-state index is 5.37. The van der Waals surface area contributed by atoms with Gasteiger partial charge in [-0.1, -0.05) is 38.1 Å². The normalized spacial score (nSPS) is 10.8. The first-order valence-corrected chi connectivity index (χ1v) is 6.24. The average molecular weight is 232 g/mol. The van der Waals surface area contributed by atoms with Crippen molar-refractivity contribution in [2.45, 2.75) is 19.8 Å². The molecule has 0 atom stereocenters. The lowest BCUT2D eigenvalue weighted by Crippen LogP contribution is -2.04. The molecule has 1 aromatic heterocycles. The number of nitrogens with two attached hydrogens (primary N) is 1. The highest BCUT2D eigenvalue weighted by atomic mass is 32.1. The molecule has 0 aliphatic heterocycles. The second-order valence-electron chi connectivity index (χ2n) is 4.12. The van der Waals surface area contributed by atoms with Gasteiger partial charge in [-0.15, -0.1) is 11.3 Å². The Hall–Kier alpha value is -1.32. The SMILES string of the molecule is CC(C)c1ccc(-c2csc(NN)c2)cc1. The Morgan fingerprint density at radius 1 is 1.12 bits per heavy atom. The van der Waals surface area contributed by atoms with Crippen LogP contribution in [0.25, 0.3) is 11.1 Å². The quantitative estimate of drug-likeness (QED) is 0.623. The van der Waals surface area contributed by atoms with Crippen molar-refractivity contribution in [3.05, 3.63) is 41.3 Å². The second kappa shape index (κ2) is 4.68. The molecule has 2 aromatic rings. The van der Waals surface area contributed by atoms with Gasteiger partial charge in [-0.3, -0.25) is 0 Å². The lowest BCUT2D eigenvalue weighted by atomic mass is 10.00. The molecule has 3 N–H and O–H groups in total. The van der Waals surface area contributed by atoms with Gasteiger partial charge < -0.3 is 5.43 Å². The highest BCUT2D eigenvalue weighted by Gasteiger charge is 2.03. The van der Waals surface area contributed by atoms with Gasteiger partial charge >= 0.3 is 0 Å². The van der Waals surface area contributed by atoms with E-state index in [0.717, 1.165) is 5.00 Å². The monoisotopic (exact) mass is 232 g/mol. The van der Waals surface area contributed by atoms with Crippen molar-refractivity contribution < 1.29 is 0 Å². The Morgan fingerprint density at radius 3 is 2.31 bits per heavy atom. The number of hydrogen-bond donors (Lipinski definition) is 2. The van der Waals surface area contributed by atoms with Gasteiger partial charge in [0.15, 0.2) is 0 Å². The van der Waals surface area contributed by atoms with Crippen LogP contribution in [0.2, 0.25) is 0 Å². The van der Waals surface area contributed by atoms with Crippen LogP contribution in [-0.2, 0) is 0 Å². The minimum atomic E-state index is 0.581. The molecule has 0 radical (unpaired) electrons. The molecule has 1 aromatic carbocycles. The van der Waals surface area contributed by atoms with E-state index >= 15 is 0 Å². The zero-order valence-electron chi connectivity index (χ0n) is 9.53. The fraction of sp³-hybridized carbons (Fsp3) is 0.231. The summed E-state index contributed by atoms with van der Waals surface area (Å²) in [5.74, 6) is 5.95. The van der Waals surface area contributed by atoms with Gasteiger partial charge in [0, 0.05) is 5.38 Å². The molecule has 0 spiro atoms. The highest BCUT2D eigenvalue weighted by Crippen LogP contribution is 2.29. The number of anilines is 1. The molecular formula is C13H16N2S. The molecule has 0 saturated carbocycles. The smallest absolute Gasteiger partial charge is 0.103 e. The fourth-order valence-corrected chi connectivity index (χ4v) is 2.34. The van der Waals surface area contributed by atoms with Gasteiger partial charge in [-0.25, -0.2) is 5.84 Å². The van der Waals surface area contributed by atoms with E-state index in [1.54, 1.807) is 11.3 Å². The summed E-state index contributed by atoms with van der Waals surface area (Å²) in [6.07, 6.45) is 0. The molecule has 0 aliphatic carbocycles. The van der Waals surface area contributed by atoms with Crippen molar-refractivity contribution in [1.82, 2.24) is 0 Å². The third kappa shape index (κ3) is 2.26. The third-order valence-corrected chi connectivity index (χ3v) is 3.51. The van der Waals surface area contributed by atoms with Crippen LogP contribution in [0.5, 0.6) is 0 Å². The van der Waals surface area contributed by atoms with E-state index in [1.165, 1.54) is 16.7 Å². The van der Waals surface area contributed by atoms with Gasteiger partial charge in [0.2, 0.25) is 0 Å². The molecule has 16 heavy (non-hydrogen) atoms. The van der Waals surface area contributed by atoms with Crippen LogP contribution in [0.4, 0.5) is 5.00 Å². The van der Waals surface area contributed by atoms with Gasteiger partial charge in [0.25, 0.3) is 0 Å². The summed E-state index contributed by atoms with van der Waals surface area (Å²) in [6, 6.07) is 10.8. The Morgan fingerprint density at radius 2 is 1.81 bits per heavy atom. The summed E-state index contributed by atoms with van der Waals surface area (Å²) in [5.41, 5.74) is 6.49. The number of hydrazine groups is 1. The number of thiophene rings is 1. The number of nitrogen functional groups attached to an aromatic ring is 1. The predicted molar refractivity (Wildman–Crippen MR) is 71.7 cm³/mol. The average Bonchev–Trinajstić information content (AvgIpc) is 2.77. The molecule has 0 unspecified atom stereocenters. The van der Waals surface area contributed by atoms with Crippen LogP contribution in [-0.4, -0.2) is 0 Å².